The first-order valence-electron chi connectivity index (χ1n) is 6.10. The largest absolute Gasteiger partial charge is 0.492 e. The van der Waals surface area contributed by atoms with Crippen LogP contribution in [0.5, 0.6) is 5.75 Å². The highest BCUT2D eigenvalue weighted by Gasteiger charge is 2.01. The molecular formula is C13H21BrIN3O. The van der Waals surface area contributed by atoms with Crippen LogP contribution in [0.4, 0.5) is 0 Å². The van der Waals surface area contributed by atoms with Gasteiger partial charge in [-0.15, -0.1) is 24.0 Å². The molecule has 1 aromatic carbocycles. The van der Waals surface area contributed by atoms with Crippen LogP contribution < -0.4 is 10.5 Å². The predicted octanol–water partition coefficient (Wildman–Crippen LogP) is 3.10. The third-order valence-corrected chi connectivity index (χ3v) is 3.06. The number of hydrogen-bond acceptors (Lipinski definition) is 2. The van der Waals surface area contributed by atoms with E-state index in [2.05, 4.69) is 34.8 Å². The third-order valence-electron chi connectivity index (χ3n) is 2.53. The van der Waals surface area contributed by atoms with Gasteiger partial charge in [0.25, 0.3) is 0 Å². The summed E-state index contributed by atoms with van der Waals surface area (Å²) in [4.78, 5) is 6.30. The molecule has 19 heavy (non-hydrogen) atoms. The molecule has 0 spiro atoms. The minimum atomic E-state index is 0. The predicted molar refractivity (Wildman–Crippen MR) is 94.5 cm³/mol. The zero-order chi connectivity index (χ0) is 13.4. The number of halogens is 2. The summed E-state index contributed by atoms with van der Waals surface area (Å²) < 4.78 is 6.60. The van der Waals surface area contributed by atoms with Crippen molar-refractivity contribution in [1.82, 2.24) is 4.90 Å². The molecule has 6 heteroatoms. The molecule has 0 aliphatic rings. The molecule has 0 aliphatic heterocycles. The summed E-state index contributed by atoms with van der Waals surface area (Å²) in [6.07, 6.45) is 0. The van der Waals surface area contributed by atoms with Crippen LogP contribution in [0.1, 0.15) is 13.8 Å². The van der Waals surface area contributed by atoms with Gasteiger partial charge in [-0.2, -0.15) is 0 Å². The Hall–Kier alpha value is -0.500. The average Bonchev–Trinajstić information content (AvgIpc) is 2.38. The molecule has 0 saturated heterocycles. The smallest absolute Gasteiger partial charge is 0.191 e. The van der Waals surface area contributed by atoms with Gasteiger partial charge in [0, 0.05) is 17.6 Å². The van der Waals surface area contributed by atoms with Gasteiger partial charge in [-0.3, -0.25) is 0 Å². The van der Waals surface area contributed by atoms with E-state index < -0.39 is 0 Å². The van der Waals surface area contributed by atoms with Crippen molar-refractivity contribution in [2.75, 3.05) is 26.2 Å². The molecule has 0 atom stereocenters. The van der Waals surface area contributed by atoms with Crippen LogP contribution in [0.25, 0.3) is 0 Å². The lowest BCUT2D eigenvalue weighted by molar-refractivity contribution is 0.327. The fourth-order valence-corrected chi connectivity index (χ4v) is 1.77. The topological polar surface area (TPSA) is 50.8 Å². The lowest BCUT2D eigenvalue weighted by Crippen LogP contribution is -2.37. The van der Waals surface area contributed by atoms with Crippen LogP contribution in [-0.4, -0.2) is 37.1 Å². The molecule has 2 N–H and O–H groups in total. The average molecular weight is 442 g/mol. The van der Waals surface area contributed by atoms with Gasteiger partial charge < -0.3 is 15.4 Å². The maximum absolute atomic E-state index is 5.85. The van der Waals surface area contributed by atoms with Gasteiger partial charge in [0.2, 0.25) is 0 Å². The van der Waals surface area contributed by atoms with Crippen LogP contribution in [0.15, 0.2) is 33.7 Å². The van der Waals surface area contributed by atoms with E-state index in [-0.39, 0.29) is 24.0 Å². The van der Waals surface area contributed by atoms with Gasteiger partial charge in [0.15, 0.2) is 5.96 Å². The van der Waals surface area contributed by atoms with E-state index in [1.165, 1.54) is 0 Å². The molecular weight excluding hydrogens is 421 g/mol. The quantitative estimate of drug-likeness (QED) is 0.319. The SMILES string of the molecule is CCN(CC)C(N)=NCCOc1ccc(Br)cc1.I. The highest BCUT2D eigenvalue weighted by atomic mass is 127. The number of benzene rings is 1. The van der Waals surface area contributed by atoms with E-state index in [9.17, 15) is 0 Å². The highest BCUT2D eigenvalue weighted by Crippen LogP contribution is 2.15. The number of hydrogen-bond donors (Lipinski definition) is 1. The van der Waals surface area contributed by atoms with Crippen molar-refractivity contribution >= 4 is 45.9 Å². The maximum Gasteiger partial charge on any atom is 0.191 e. The van der Waals surface area contributed by atoms with Gasteiger partial charge >= 0.3 is 0 Å². The standard InChI is InChI=1S/C13H20BrN3O.HI/c1-3-17(4-2)13(15)16-9-10-18-12-7-5-11(14)6-8-12;/h5-8H,3-4,9-10H2,1-2H3,(H2,15,16);1H. The van der Waals surface area contributed by atoms with Crippen molar-refractivity contribution in [2.24, 2.45) is 10.7 Å². The monoisotopic (exact) mass is 441 g/mol. The Bertz CT molecular complexity index is 380. The second kappa shape index (κ2) is 10.3. The molecule has 0 aromatic heterocycles. The van der Waals surface area contributed by atoms with E-state index in [0.717, 1.165) is 23.3 Å². The Labute approximate surface area is 140 Å². The van der Waals surface area contributed by atoms with Crippen LogP contribution in [0, 0.1) is 0 Å². The van der Waals surface area contributed by atoms with Crippen LogP contribution >= 0.6 is 39.9 Å². The Morgan fingerprint density at radius 1 is 1.26 bits per heavy atom. The van der Waals surface area contributed by atoms with Crippen molar-refractivity contribution < 1.29 is 4.74 Å². The summed E-state index contributed by atoms with van der Waals surface area (Å²) in [5, 5.41) is 0. The van der Waals surface area contributed by atoms with Gasteiger partial charge in [0.05, 0.1) is 6.54 Å². The maximum atomic E-state index is 5.85. The molecule has 0 heterocycles. The van der Waals surface area contributed by atoms with Crippen molar-refractivity contribution in [3.8, 4) is 5.75 Å². The lowest BCUT2D eigenvalue weighted by atomic mass is 10.3. The first-order chi connectivity index (χ1) is 8.67. The molecule has 1 aromatic rings. The molecule has 4 nitrogen and oxygen atoms in total. The van der Waals surface area contributed by atoms with Crippen LogP contribution in [-0.2, 0) is 0 Å². The van der Waals surface area contributed by atoms with E-state index >= 15 is 0 Å². The zero-order valence-corrected chi connectivity index (χ0v) is 15.2. The fourth-order valence-electron chi connectivity index (χ4n) is 1.50. The number of rotatable bonds is 6. The Morgan fingerprint density at radius 2 is 1.84 bits per heavy atom. The second-order valence-corrected chi connectivity index (χ2v) is 4.63. The van der Waals surface area contributed by atoms with Crippen molar-refractivity contribution in [2.45, 2.75) is 13.8 Å². The van der Waals surface area contributed by atoms with Crippen LogP contribution in [0.3, 0.4) is 0 Å². The summed E-state index contributed by atoms with van der Waals surface area (Å²) in [5.41, 5.74) is 5.85. The van der Waals surface area contributed by atoms with E-state index in [4.69, 9.17) is 10.5 Å². The molecule has 1 rings (SSSR count). The molecule has 0 amide bonds. The normalized spacial score (nSPS) is 10.8. The van der Waals surface area contributed by atoms with Crippen molar-refractivity contribution in [3.63, 3.8) is 0 Å². The summed E-state index contributed by atoms with van der Waals surface area (Å²) in [7, 11) is 0. The Morgan fingerprint density at radius 3 is 2.37 bits per heavy atom. The highest BCUT2D eigenvalue weighted by molar-refractivity contribution is 14.0. The van der Waals surface area contributed by atoms with Crippen molar-refractivity contribution in [1.29, 1.82) is 0 Å². The molecule has 0 bridgehead atoms. The van der Waals surface area contributed by atoms with Gasteiger partial charge in [-0.05, 0) is 38.1 Å². The number of nitrogens with two attached hydrogens (primary N) is 1. The van der Waals surface area contributed by atoms with Gasteiger partial charge in [0.1, 0.15) is 12.4 Å². The number of ether oxygens (including phenoxy) is 1. The first-order valence-corrected chi connectivity index (χ1v) is 6.89. The molecule has 108 valence electrons. The molecule has 0 saturated carbocycles. The first kappa shape index (κ1) is 18.5. The number of guanidine groups is 1. The fraction of sp³-hybridized carbons (Fsp3) is 0.462. The Kier molecular flexibility index (Phi) is 10.0. The molecule has 0 aliphatic carbocycles. The third kappa shape index (κ3) is 7.00. The number of aliphatic imine (C=N–C) groups is 1. The van der Waals surface area contributed by atoms with Gasteiger partial charge in [-0.1, -0.05) is 15.9 Å². The lowest BCUT2D eigenvalue weighted by Gasteiger charge is -2.19. The molecule has 0 unspecified atom stereocenters. The van der Waals surface area contributed by atoms with E-state index in [1.807, 2.05) is 29.2 Å². The summed E-state index contributed by atoms with van der Waals surface area (Å²) in [5.74, 6) is 1.43. The molecule has 0 radical (unpaired) electrons. The van der Waals surface area contributed by atoms with E-state index in [0.29, 0.717) is 19.1 Å². The van der Waals surface area contributed by atoms with E-state index in [1.54, 1.807) is 0 Å². The van der Waals surface area contributed by atoms with Gasteiger partial charge in [-0.25, -0.2) is 4.99 Å². The Balaban J connectivity index is 0.00000324. The summed E-state index contributed by atoms with van der Waals surface area (Å²) >= 11 is 3.38. The number of nitrogens with zero attached hydrogens (tertiary/aromatic N) is 2. The second-order valence-electron chi connectivity index (χ2n) is 3.71. The minimum Gasteiger partial charge on any atom is -0.492 e. The summed E-state index contributed by atoms with van der Waals surface area (Å²) in [6, 6.07) is 7.73. The van der Waals surface area contributed by atoms with Crippen molar-refractivity contribution in [3.05, 3.63) is 28.7 Å². The summed E-state index contributed by atoms with van der Waals surface area (Å²) in [6.45, 7) is 6.97. The molecule has 0 fully saturated rings. The van der Waals surface area contributed by atoms with Crippen LogP contribution in [0.2, 0.25) is 0 Å². The zero-order valence-electron chi connectivity index (χ0n) is 11.3. The minimum absolute atomic E-state index is 0.